The molecule has 1 aromatic carbocycles. The zero-order chi connectivity index (χ0) is 20.8. The number of aliphatic hydroxyl groups excluding tert-OH is 1. The summed E-state index contributed by atoms with van der Waals surface area (Å²) in [6.07, 6.45) is 3.84. The minimum Gasteiger partial charge on any atom is -0.396 e. The number of aromatic nitrogens is 3. The molecule has 4 rings (SSSR count). The number of hydrogen-bond acceptors (Lipinski definition) is 5. The van der Waals surface area contributed by atoms with Gasteiger partial charge in [-0.2, -0.15) is 0 Å². The summed E-state index contributed by atoms with van der Waals surface area (Å²) in [5.41, 5.74) is 0.660. The molecule has 0 radical (unpaired) electrons. The first-order valence-corrected chi connectivity index (χ1v) is 11.5. The van der Waals surface area contributed by atoms with Crippen LogP contribution in [0.4, 0.5) is 10.2 Å². The van der Waals surface area contributed by atoms with Gasteiger partial charge < -0.3 is 5.11 Å². The number of nitrogens with one attached hydrogen (secondary N) is 1. The molecule has 0 unspecified atom stereocenters. The van der Waals surface area contributed by atoms with Gasteiger partial charge in [0.15, 0.2) is 17.3 Å². The van der Waals surface area contributed by atoms with E-state index in [0.29, 0.717) is 23.4 Å². The van der Waals surface area contributed by atoms with Crippen LogP contribution in [0.15, 0.2) is 35.1 Å². The molecule has 2 aromatic heterocycles. The number of halogens is 3. The van der Waals surface area contributed by atoms with Crippen molar-refractivity contribution in [3.05, 3.63) is 57.0 Å². The molecule has 0 saturated heterocycles. The van der Waals surface area contributed by atoms with E-state index >= 15 is 4.39 Å². The van der Waals surface area contributed by atoms with Crippen molar-refractivity contribution in [2.75, 3.05) is 11.3 Å². The lowest BCUT2D eigenvalue weighted by Crippen LogP contribution is -2.32. The molecule has 2 heterocycles. The van der Waals surface area contributed by atoms with Crippen LogP contribution in [0.5, 0.6) is 0 Å². The molecule has 0 bridgehead atoms. The number of sulfonamides is 1. The lowest BCUT2D eigenvalue weighted by Gasteiger charge is -2.19. The van der Waals surface area contributed by atoms with Gasteiger partial charge in [-0.1, -0.05) is 33.6 Å². The van der Waals surface area contributed by atoms with Crippen LogP contribution in [0.25, 0.3) is 5.65 Å². The third-order valence-corrected chi connectivity index (χ3v) is 8.19. The fraction of sp³-hybridized carbons (Fsp3) is 0.333. The van der Waals surface area contributed by atoms with Gasteiger partial charge in [-0.25, -0.2) is 22.3 Å². The van der Waals surface area contributed by atoms with E-state index in [4.69, 9.17) is 11.6 Å². The highest BCUT2D eigenvalue weighted by Gasteiger charge is 2.54. The van der Waals surface area contributed by atoms with Crippen LogP contribution in [0, 0.1) is 5.82 Å². The van der Waals surface area contributed by atoms with E-state index in [1.54, 1.807) is 18.2 Å². The second-order valence-electron chi connectivity index (χ2n) is 7.01. The molecule has 2 N–H and O–H groups in total. The Morgan fingerprint density at radius 1 is 1.38 bits per heavy atom. The molecule has 1 fully saturated rings. The van der Waals surface area contributed by atoms with Gasteiger partial charge in [-0.15, -0.1) is 5.10 Å². The molecule has 1 saturated carbocycles. The summed E-state index contributed by atoms with van der Waals surface area (Å²) in [6.45, 7) is -0.245. The van der Waals surface area contributed by atoms with Crippen molar-refractivity contribution in [3.63, 3.8) is 0 Å². The highest BCUT2D eigenvalue weighted by atomic mass is 79.9. The van der Waals surface area contributed by atoms with Gasteiger partial charge in [0.1, 0.15) is 0 Å². The average molecular weight is 504 g/mol. The smallest absolute Gasteiger partial charge is 0.239 e. The fourth-order valence-electron chi connectivity index (χ4n) is 3.27. The van der Waals surface area contributed by atoms with E-state index in [2.05, 4.69) is 30.7 Å². The Morgan fingerprint density at radius 2 is 2.14 bits per heavy atom. The maximum atomic E-state index is 15.2. The fourth-order valence-corrected chi connectivity index (χ4v) is 5.65. The number of fused-ring (bicyclic) bond motifs is 1. The molecule has 154 valence electrons. The van der Waals surface area contributed by atoms with E-state index < -0.39 is 20.6 Å². The van der Waals surface area contributed by atoms with Crippen molar-refractivity contribution in [1.29, 1.82) is 0 Å². The summed E-state index contributed by atoms with van der Waals surface area (Å²) in [7, 11) is -3.88. The molecule has 3 aromatic rings. The summed E-state index contributed by atoms with van der Waals surface area (Å²) in [6, 6.07) is 5.18. The van der Waals surface area contributed by atoms with Crippen molar-refractivity contribution < 1.29 is 17.9 Å². The molecule has 0 amide bonds. The molecule has 0 spiro atoms. The first-order valence-electron chi connectivity index (χ1n) is 8.85. The Bertz CT molecular complexity index is 1200. The van der Waals surface area contributed by atoms with Gasteiger partial charge >= 0.3 is 0 Å². The van der Waals surface area contributed by atoms with E-state index in [0.717, 1.165) is 4.47 Å². The molecule has 1 aliphatic rings. The molecule has 0 atom stereocenters. The minimum atomic E-state index is -3.88. The second kappa shape index (κ2) is 7.50. The molecule has 7 nitrogen and oxygen atoms in total. The Labute approximate surface area is 180 Å². The summed E-state index contributed by atoms with van der Waals surface area (Å²) >= 11 is 9.60. The van der Waals surface area contributed by atoms with Crippen LogP contribution in [-0.2, 0) is 16.4 Å². The summed E-state index contributed by atoms with van der Waals surface area (Å²) in [5.74, 6) is -0.787. The monoisotopic (exact) mass is 502 g/mol. The maximum absolute atomic E-state index is 15.2. The van der Waals surface area contributed by atoms with Gasteiger partial charge in [-0.3, -0.25) is 4.72 Å². The highest BCUT2D eigenvalue weighted by Crippen LogP contribution is 2.47. The Balaban J connectivity index is 1.79. The predicted octanol–water partition coefficient (Wildman–Crippen LogP) is 3.53. The van der Waals surface area contributed by atoms with Gasteiger partial charge in [-0.05, 0) is 37.0 Å². The third-order valence-electron chi connectivity index (χ3n) is 5.14. The minimum absolute atomic E-state index is 0.00678. The normalized spacial score (nSPS) is 15.6. The van der Waals surface area contributed by atoms with Crippen molar-refractivity contribution >= 4 is 49.0 Å². The number of benzene rings is 1. The zero-order valence-corrected chi connectivity index (χ0v) is 18.2. The third kappa shape index (κ3) is 3.74. The molecular formula is C18H17BrClFN4O3S. The second-order valence-corrected chi connectivity index (χ2v) is 10.4. The van der Waals surface area contributed by atoms with Crippen LogP contribution in [0.3, 0.4) is 0 Å². The maximum Gasteiger partial charge on any atom is 0.239 e. The Morgan fingerprint density at radius 3 is 2.79 bits per heavy atom. The quantitative estimate of drug-likeness (QED) is 0.514. The first-order chi connectivity index (χ1) is 13.8. The first kappa shape index (κ1) is 20.5. The number of imidazole rings is 1. The van der Waals surface area contributed by atoms with Gasteiger partial charge in [0.25, 0.3) is 0 Å². The van der Waals surface area contributed by atoms with E-state index in [-0.39, 0.29) is 36.5 Å². The molecule has 1 aliphatic carbocycles. The van der Waals surface area contributed by atoms with Gasteiger partial charge in [0.05, 0.1) is 4.75 Å². The average Bonchev–Trinajstić information content (AvgIpc) is 3.30. The van der Waals surface area contributed by atoms with Crippen molar-refractivity contribution in [2.24, 2.45) is 0 Å². The van der Waals surface area contributed by atoms with E-state index in [9.17, 15) is 13.5 Å². The number of aliphatic hydroxyl groups is 1. The Kier molecular flexibility index (Phi) is 5.30. The number of hydrogen-bond donors (Lipinski definition) is 2. The van der Waals surface area contributed by atoms with Crippen LogP contribution < -0.4 is 4.72 Å². The van der Waals surface area contributed by atoms with Gasteiger partial charge in [0, 0.05) is 40.5 Å². The molecule has 29 heavy (non-hydrogen) atoms. The number of rotatable bonds is 7. The van der Waals surface area contributed by atoms with E-state index in [1.807, 2.05) is 0 Å². The van der Waals surface area contributed by atoms with Crippen LogP contribution in [0.2, 0.25) is 5.02 Å². The highest BCUT2D eigenvalue weighted by molar-refractivity contribution is 9.10. The van der Waals surface area contributed by atoms with Crippen LogP contribution in [-0.4, -0.2) is 39.5 Å². The largest absolute Gasteiger partial charge is 0.396 e. The van der Waals surface area contributed by atoms with Gasteiger partial charge in [0.2, 0.25) is 10.0 Å². The molecular weight excluding hydrogens is 487 g/mol. The standard InChI is InChI=1S/C18H17BrClFN4O3S/c19-12-2-1-11(14(20)10-12)9-13-15(21)17-22-6-7-25(17)23-16(13)24-29(27,28)18(3-4-18)5-8-26/h1-2,6-7,10,26H,3-5,8-9H2,(H,23,24). The topological polar surface area (TPSA) is 96.6 Å². The summed E-state index contributed by atoms with van der Waals surface area (Å²) in [5, 5.41) is 13.9. The van der Waals surface area contributed by atoms with E-state index in [1.165, 1.54) is 16.9 Å². The zero-order valence-electron chi connectivity index (χ0n) is 15.1. The molecule has 11 heteroatoms. The predicted molar refractivity (Wildman–Crippen MR) is 111 cm³/mol. The van der Waals surface area contributed by atoms with Crippen LogP contribution >= 0.6 is 27.5 Å². The lowest BCUT2D eigenvalue weighted by atomic mass is 10.1. The lowest BCUT2D eigenvalue weighted by molar-refractivity contribution is 0.283. The Hall–Kier alpha value is -1.75. The number of nitrogens with zero attached hydrogens (tertiary/aromatic N) is 3. The SMILES string of the molecule is O=S(=O)(Nc1nn2ccnc2c(F)c1Cc1ccc(Br)cc1Cl)C1(CCO)CC1. The summed E-state index contributed by atoms with van der Waals surface area (Å²) < 4.78 is 44.5. The van der Waals surface area contributed by atoms with Crippen molar-refractivity contribution in [2.45, 2.75) is 30.4 Å². The molecule has 0 aliphatic heterocycles. The van der Waals surface area contributed by atoms with Crippen molar-refractivity contribution in [3.8, 4) is 0 Å². The number of anilines is 1. The summed E-state index contributed by atoms with van der Waals surface area (Å²) in [4.78, 5) is 3.96. The van der Waals surface area contributed by atoms with Crippen LogP contribution in [0.1, 0.15) is 30.4 Å². The van der Waals surface area contributed by atoms with Crippen molar-refractivity contribution in [1.82, 2.24) is 14.6 Å².